The maximum atomic E-state index is 13.2. The molecule has 146 valence electrons. The summed E-state index contributed by atoms with van der Waals surface area (Å²) in [4.78, 5) is 30.6. The number of H-pyrrole nitrogens is 1. The molecule has 0 bridgehead atoms. The minimum absolute atomic E-state index is 0.0189. The van der Waals surface area contributed by atoms with E-state index in [1.807, 2.05) is 43.0 Å². The van der Waals surface area contributed by atoms with Gasteiger partial charge < -0.3 is 9.80 Å². The zero-order valence-electron chi connectivity index (χ0n) is 16.3. The van der Waals surface area contributed by atoms with Gasteiger partial charge in [0.05, 0.1) is 17.0 Å². The second-order valence-electron chi connectivity index (χ2n) is 7.54. The van der Waals surface area contributed by atoms with E-state index in [0.29, 0.717) is 30.4 Å². The number of aromatic nitrogens is 5. The van der Waals surface area contributed by atoms with Crippen LogP contribution in [0.4, 0.5) is 5.82 Å². The van der Waals surface area contributed by atoms with Crippen LogP contribution in [0.5, 0.6) is 0 Å². The molecule has 0 spiro atoms. The number of likely N-dealkylation sites (tertiary alicyclic amines) is 1. The molecule has 29 heavy (non-hydrogen) atoms. The van der Waals surface area contributed by atoms with Crippen LogP contribution in [-0.2, 0) is 0 Å². The van der Waals surface area contributed by atoms with Gasteiger partial charge in [0.25, 0.3) is 5.91 Å². The number of hydrogen-bond donors (Lipinski definition) is 1. The number of hydrogen-bond acceptors (Lipinski definition) is 6. The maximum Gasteiger partial charge on any atom is 0.254 e. The van der Waals surface area contributed by atoms with Crippen molar-refractivity contribution >= 4 is 11.7 Å². The highest BCUT2D eigenvalue weighted by molar-refractivity contribution is 6.00. The van der Waals surface area contributed by atoms with Crippen LogP contribution in [0.25, 0.3) is 11.4 Å². The van der Waals surface area contributed by atoms with Crippen LogP contribution in [0.3, 0.4) is 0 Å². The van der Waals surface area contributed by atoms with Gasteiger partial charge in [-0.2, -0.15) is 5.10 Å². The van der Waals surface area contributed by atoms with Gasteiger partial charge in [-0.3, -0.25) is 14.9 Å². The molecule has 3 aromatic rings. The molecule has 0 aliphatic carbocycles. The number of carbonyl (C=O) groups excluding carboxylic acids is 1. The van der Waals surface area contributed by atoms with E-state index < -0.39 is 0 Å². The molecular formula is C21H21N7O. The molecule has 1 amide bonds. The Morgan fingerprint density at radius 2 is 2.03 bits per heavy atom. The van der Waals surface area contributed by atoms with Crippen LogP contribution in [-0.4, -0.2) is 55.6 Å². The molecule has 1 unspecified atom stereocenters. The molecule has 1 saturated heterocycles. The summed E-state index contributed by atoms with van der Waals surface area (Å²) in [6.07, 6.45) is 5.37. The van der Waals surface area contributed by atoms with E-state index in [-0.39, 0.29) is 5.91 Å². The molecule has 1 N–H and O–H groups in total. The van der Waals surface area contributed by atoms with Crippen LogP contribution < -0.4 is 4.90 Å². The Balaban J connectivity index is 1.38. The minimum Gasteiger partial charge on any atom is -0.334 e. The first kappa shape index (κ1) is 17.5. The number of anilines is 1. The van der Waals surface area contributed by atoms with Crippen LogP contribution in [0.1, 0.15) is 21.7 Å². The molecule has 5 rings (SSSR count). The van der Waals surface area contributed by atoms with Crippen molar-refractivity contribution in [1.29, 1.82) is 0 Å². The molecule has 2 aliphatic heterocycles. The lowest BCUT2D eigenvalue weighted by Gasteiger charge is -2.22. The van der Waals surface area contributed by atoms with Gasteiger partial charge in [-0.15, -0.1) is 0 Å². The lowest BCUT2D eigenvalue weighted by atomic mass is 10.1. The molecule has 1 atom stereocenters. The second-order valence-corrected chi connectivity index (χ2v) is 7.54. The van der Waals surface area contributed by atoms with Crippen molar-refractivity contribution < 1.29 is 4.79 Å². The SMILES string of the molecule is Cc1cnc(C)c(N2C=C3CN(C(=O)c4ccccc4-c4ncn[nH]4)CC3C2)n1. The van der Waals surface area contributed by atoms with Gasteiger partial charge in [0, 0.05) is 43.5 Å². The average molecular weight is 387 g/mol. The first-order chi connectivity index (χ1) is 14.1. The lowest BCUT2D eigenvalue weighted by Crippen LogP contribution is -2.32. The summed E-state index contributed by atoms with van der Waals surface area (Å²) in [5.74, 6) is 1.84. The van der Waals surface area contributed by atoms with Crippen molar-refractivity contribution in [3.63, 3.8) is 0 Å². The van der Waals surface area contributed by atoms with Crippen molar-refractivity contribution in [2.75, 3.05) is 24.5 Å². The molecular weight excluding hydrogens is 366 g/mol. The van der Waals surface area contributed by atoms with E-state index in [2.05, 4.69) is 36.2 Å². The van der Waals surface area contributed by atoms with Gasteiger partial charge in [-0.05, 0) is 25.5 Å². The normalized spacial score (nSPS) is 18.1. The fraction of sp³-hybridized carbons (Fsp3) is 0.286. The van der Waals surface area contributed by atoms with E-state index in [1.165, 1.54) is 11.9 Å². The number of rotatable bonds is 3. The van der Waals surface area contributed by atoms with Crippen molar-refractivity contribution in [1.82, 2.24) is 30.0 Å². The summed E-state index contributed by atoms with van der Waals surface area (Å²) >= 11 is 0. The Bertz CT molecular complexity index is 1110. The third-order valence-electron chi connectivity index (χ3n) is 5.52. The summed E-state index contributed by atoms with van der Waals surface area (Å²) < 4.78 is 0. The molecule has 1 fully saturated rings. The number of carbonyl (C=O) groups is 1. The van der Waals surface area contributed by atoms with E-state index in [0.717, 1.165) is 29.3 Å². The average Bonchev–Trinajstić information content (AvgIpc) is 3.45. The highest BCUT2D eigenvalue weighted by atomic mass is 16.2. The van der Waals surface area contributed by atoms with Crippen molar-refractivity contribution in [2.24, 2.45) is 5.92 Å². The number of aryl methyl sites for hydroxylation is 2. The highest BCUT2D eigenvalue weighted by Crippen LogP contribution is 2.34. The topological polar surface area (TPSA) is 90.9 Å². The fourth-order valence-corrected chi connectivity index (χ4v) is 4.09. The zero-order chi connectivity index (χ0) is 20.0. The largest absolute Gasteiger partial charge is 0.334 e. The monoisotopic (exact) mass is 387 g/mol. The first-order valence-electron chi connectivity index (χ1n) is 9.61. The Kier molecular flexibility index (Phi) is 4.12. The van der Waals surface area contributed by atoms with Crippen LogP contribution in [0.2, 0.25) is 0 Å². The van der Waals surface area contributed by atoms with Gasteiger partial charge >= 0.3 is 0 Å². The van der Waals surface area contributed by atoms with E-state index in [4.69, 9.17) is 0 Å². The summed E-state index contributed by atoms with van der Waals surface area (Å²) in [6.45, 7) is 6.08. The van der Waals surface area contributed by atoms with E-state index in [9.17, 15) is 4.79 Å². The molecule has 0 radical (unpaired) electrons. The van der Waals surface area contributed by atoms with Crippen molar-refractivity contribution in [2.45, 2.75) is 13.8 Å². The Labute approximate surface area is 168 Å². The number of amides is 1. The predicted molar refractivity (Wildman–Crippen MR) is 108 cm³/mol. The van der Waals surface area contributed by atoms with E-state index >= 15 is 0 Å². The number of nitrogens with one attached hydrogen (secondary N) is 1. The molecule has 4 heterocycles. The van der Waals surface area contributed by atoms with Gasteiger partial charge in [-0.25, -0.2) is 9.97 Å². The van der Waals surface area contributed by atoms with Crippen LogP contribution >= 0.6 is 0 Å². The van der Waals surface area contributed by atoms with Gasteiger partial charge in [0.1, 0.15) is 6.33 Å². The third kappa shape index (κ3) is 3.06. The predicted octanol–water partition coefficient (Wildman–Crippen LogP) is 2.35. The second kappa shape index (κ2) is 6.80. The minimum atomic E-state index is 0.0189. The van der Waals surface area contributed by atoms with Gasteiger partial charge in [-0.1, -0.05) is 18.2 Å². The summed E-state index contributed by atoms with van der Waals surface area (Å²) in [6, 6.07) is 7.52. The Hall–Kier alpha value is -3.55. The highest BCUT2D eigenvalue weighted by Gasteiger charge is 2.37. The fourth-order valence-electron chi connectivity index (χ4n) is 4.09. The maximum absolute atomic E-state index is 13.2. The smallest absolute Gasteiger partial charge is 0.254 e. The number of aromatic amines is 1. The first-order valence-corrected chi connectivity index (χ1v) is 9.61. The molecule has 2 aliphatic rings. The van der Waals surface area contributed by atoms with E-state index in [1.54, 1.807) is 6.20 Å². The molecule has 1 aromatic carbocycles. The van der Waals surface area contributed by atoms with Crippen molar-refractivity contribution in [3.05, 3.63) is 65.5 Å². The third-order valence-corrected chi connectivity index (χ3v) is 5.52. The number of nitrogens with zero attached hydrogens (tertiary/aromatic N) is 6. The number of fused-ring (bicyclic) bond motifs is 1. The Morgan fingerprint density at radius 1 is 1.17 bits per heavy atom. The molecule has 8 nitrogen and oxygen atoms in total. The summed E-state index contributed by atoms with van der Waals surface area (Å²) in [7, 11) is 0. The molecule has 8 heteroatoms. The summed E-state index contributed by atoms with van der Waals surface area (Å²) in [5.41, 5.74) is 4.50. The van der Waals surface area contributed by atoms with Crippen molar-refractivity contribution in [3.8, 4) is 11.4 Å². The Morgan fingerprint density at radius 3 is 2.83 bits per heavy atom. The summed E-state index contributed by atoms with van der Waals surface area (Å²) in [5, 5.41) is 6.76. The molecule has 2 aromatic heterocycles. The lowest BCUT2D eigenvalue weighted by molar-refractivity contribution is 0.0789. The zero-order valence-corrected chi connectivity index (χ0v) is 16.3. The van der Waals surface area contributed by atoms with Gasteiger partial charge in [0.15, 0.2) is 11.6 Å². The quantitative estimate of drug-likeness (QED) is 0.742. The van der Waals surface area contributed by atoms with Crippen LogP contribution in [0.15, 0.2) is 48.6 Å². The standard InChI is InChI=1S/C21H21N7O/c1-13-7-22-14(2)20(25-13)27-8-15-10-28(11-16(15)9-27)21(29)18-6-4-3-5-17(18)19-23-12-24-26-19/h3-8,12,16H,9-11H2,1-2H3,(H,23,24,26). The van der Waals surface area contributed by atoms with Gasteiger partial charge in [0.2, 0.25) is 0 Å². The number of benzene rings is 1. The van der Waals surface area contributed by atoms with Crippen LogP contribution in [0, 0.1) is 19.8 Å². The molecule has 0 saturated carbocycles.